The first-order valence-electron chi connectivity index (χ1n) is 6.82. The Labute approximate surface area is 120 Å². The fourth-order valence-electron chi connectivity index (χ4n) is 1.43. The lowest BCUT2D eigenvalue weighted by molar-refractivity contribution is -0.127. The number of nitrogens with one attached hydrogen (secondary N) is 2. The van der Waals surface area contributed by atoms with Crippen molar-refractivity contribution in [3.05, 3.63) is 0 Å². The minimum Gasteiger partial charge on any atom is -0.444 e. The number of unbranched alkanes of at least 4 members (excludes halogenated alkanes) is 1. The molecule has 2 atom stereocenters. The SMILES string of the molecule is CCCCOC(C)C(NC(=O)OC(C)(C)C)C(=O)NN. The van der Waals surface area contributed by atoms with Crippen LogP contribution in [0.4, 0.5) is 4.79 Å². The van der Waals surface area contributed by atoms with E-state index < -0.39 is 29.7 Å². The highest BCUT2D eigenvalue weighted by atomic mass is 16.6. The summed E-state index contributed by atoms with van der Waals surface area (Å²) in [7, 11) is 0. The van der Waals surface area contributed by atoms with Gasteiger partial charge in [0.15, 0.2) is 0 Å². The van der Waals surface area contributed by atoms with E-state index in [2.05, 4.69) is 5.32 Å². The molecule has 0 spiro atoms. The van der Waals surface area contributed by atoms with Gasteiger partial charge in [0.2, 0.25) is 0 Å². The number of rotatable bonds is 7. The lowest BCUT2D eigenvalue weighted by Crippen LogP contribution is -2.55. The van der Waals surface area contributed by atoms with Crippen molar-refractivity contribution in [1.82, 2.24) is 10.7 Å². The van der Waals surface area contributed by atoms with E-state index in [9.17, 15) is 9.59 Å². The van der Waals surface area contributed by atoms with Gasteiger partial charge in [0.1, 0.15) is 11.6 Å². The van der Waals surface area contributed by atoms with Crippen LogP contribution in [0.15, 0.2) is 0 Å². The van der Waals surface area contributed by atoms with Crippen molar-refractivity contribution in [3.63, 3.8) is 0 Å². The topological polar surface area (TPSA) is 103 Å². The number of amides is 2. The van der Waals surface area contributed by atoms with Gasteiger partial charge in [0.25, 0.3) is 5.91 Å². The Bertz CT molecular complexity index is 315. The second-order valence-electron chi connectivity index (χ2n) is 5.56. The highest BCUT2D eigenvalue weighted by Crippen LogP contribution is 2.08. The zero-order valence-electron chi connectivity index (χ0n) is 13.0. The van der Waals surface area contributed by atoms with E-state index in [0.717, 1.165) is 12.8 Å². The highest BCUT2D eigenvalue weighted by molar-refractivity contribution is 5.85. The quantitative estimate of drug-likeness (QED) is 0.281. The second kappa shape index (κ2) is 8.76. The van der Waals surface area contributed by atoms with Crippen LogP contribution in [0.1, 0.15) is 47.5 Å². The first-order valence-corrected chi connectivity index (χ1v) is 6.82. The molecule has 0 saturated heterocycles. The molecule has 7 nitrogen and oxygen atoms in total. The van der Waals surface area contributed by atoms with Crippen LogP contribution in [0.5, 0.6) is 0 Å². The average molecular weight is 289 g/mol. The lowest BCUT2D eigenvalue weighted by atomic mass is 10.1. The van der Waals surface area contributed by atoms with Crippen LogP contribution in [0.3, 0.4) is 0 Å². The first-order chi connectivity index (χ1) is 9.21. The summed E-state index contributed by atoms with van der Waals surface area (Å²) in [5.74, 6) is 4.59. The molecule has 0 aromatic heterocycles. The Balaban J connectivity index is 4.56. The molecule has 0 heterocycles. The third-order valence-corrected chi connectivity index (χ3v) is 2.45. The number of hydrazine groups is 1. The van der Waals surface area contributed by atoms with Crippen LogP contribution in [-0.4, -0.2) is 36.4 Å². The molecule has 7 heteroatoms. The number of ether oxygens (including phenoxy) is 2. The number of hydrogen-bond donors (Lipinski definition) is 3. The van der Waals surface area contributed by atoms with Crippen LogP contribution in [0.2, 0.25) is 0 Å². The van der Waals surface area contributed by atoms with Gasteiger partial charge >= 0.3 is 6.09 Å². The Hall–Kier alpha value is -1.34. The van der Waals surface area contributed by atoms with E-state index in [1.54, 1.807) is 27.7 Å². The third kappa shape index (κ3) is 7.96. The van der Waals surface area contributed by atoms with E-state index in [-0.39, 0.29) is 0 Å². The molecule has 0 rings (SSSR count). The summed E-state index contributed by atoms with van der Waals surface area (Å²) in [6, 6.07) is -0.897. The Morgan fingerprint density at radius 2 is 1.90 bits per heavy atom. The normalized spacial score (nSPS) is 14.3. The molecule has 20 heavy (non-hydrogen) atoms. The molecule has 0 aliphatic heterocycles. The molecule has 0 aliphatic rings. The number of hydrogen-bond acceptors (Lipinski definition) is 5. The summed E-state index contributed by atoms with van der Waals surface area (Å²) in [5.41, 5.74) is 1.38. The second-order valence-corrected chi connectivity index (χ2v) is 5.56. The number of alkyl carbamates (subject to hydrolysis) is 1. The molecule has 0 saturated carbocycles. The number of carbonyl (C=O) groups excluding carboxylic acids is 2. The predicted octanol–water partition coefficient (Wildman–Crippen LogP) is 1.07. The minimum absolute atomic E-state index is 0.502. The van der Waals surface area contributed by atoms with E-state index >= 15 is 0 Å². The van der Waals surface area contributed by atoms with Crippen molar-refractivity contribution in [1.29, 1.82) is 0 Å². The molecule has 0 aliphatic carbocycles. The monoisotopic (exact) mass is 289 g/mol. The Morgan fingerprint density at radius 1 is 1.30 bits per heavy atom. The molecule has 0 fully saturated rings. The summed E-state index contributed by atoms with van der Waals surface area (Å²) in [4.78, 5) is 23.4. The molecule has 2 amide bonds. The fourth-order valence-corrected chi connectivity index (χ4v) is 1.43. The molecule has 0 aromatic rings. The van der Waals surface area contributed by atoms with Gasteiger partial charge in [-0.3, -0.25) is 10.2 Å². The maximum absolute atomic E-state index is 11.7. The van der Waals surface area contributed by atoms with Crippen molar-refractivity contribution < 1.29 is 19.1 Å². The van der Waals surface area contributed by atoms with Crippen molar-refractivity contribution in [2.75, 3.05) is 6.61 Å². The Morgan fingerprint density at radius 3 is 2.35 bits per heavy atom. The van der Waals surface area contributed by atoms with Crippen molar-refractivity contribution in [3.8, 4) is 0 Å². The summed E-state index contributed by atoms with van der Waals surface area (Å²) in [6.45, 7) is 9.48. The van der Waals surface area contributed by atoms with Crippen molar-refractivity contribution in [2.24, 2.45) is 5.84 Å². The molecule has 0 aromatic carbocycles. The lowest BCUT2D eigenvalue weighted by Gasteiger charge is -2.26. The van der Waals surface area contributed by atoms with Crippen LogP contribution in [0.25, 0.3) is 0 Å². The highest BCUT2D eigenvalue weighted by Gasteiger charge is 2.29. The standard InChI is InChI=1S/C13H27N3O4/c1-6-7-8-19-9(2)10(11(17)16-14)15-12(18)20-13(3,4)5/h9-10H,6-8,14H2,1-5H3,(H,15,18)(H,16,17). The number of nitrogens with two attached hydrogens (primary N) is 1. The largest absolute Gasteiger partial charge is 0.444 e. The molecular weight excluding hydrogens is 262 g/mol. The smallest absolute Gasteiger partial charge is 0.408 e. The van der Waals surface area contributed by atoms with Gasteiger partial charge in [-0.1, -0.05) is 13.3 Å². The first kappa shape index (κ1) is 18.7. The molecule has 4 N–H and O–H groups in total. The van der Waals surface area contributed by atoms with E-state index in [4.69, 9.17) is 15.3 Å². The van der Waals surface area contributed by atoms with Gasteiger partial charge in [-0.15, -0.1) is 0 Å². The molecule has 2 unspecified atom stereocenters. The van der Waals surface area contributed by atoms with Gasteiger partial charge in [-0.25, -0.2) is 10.6 Å². The van der Waals surface area contributed by atoms with E-state index in [0.29, 0.717) is 6.61 Å². The van der Waals surface area contributed by atoms with Crippen LogP contribution in [-0.2, 0) is 14.3 Å². The molecule has 0 bridgehead atoms. The summed E-state index contributed by atoms with van der Waals surface area (Å²) >= 11 is 0. The predicted molar refractivity (Wildman–Crippen MR) is 75.8 cm³/mol. The van der Waals surface area contributed by atoms with E-state index in [1.807, 2.05) is 12.3 Å². The summed E-state index contributed by atoms with van der Waals surface area (Å²) in [5, 5.41) is 2.47. The van der Waals surface area contributed by atoms with Crippen molar-refractivity contribution in [2.45, 2.75) is 65.2 Å². The van der Waals surface area contributed by atoms with Gasteiger partial charge in [0.05, 0.1) is 6.10 Å². The molecule has 0 radical (unpaired) electrons. The van der Waals surface area contributed by atoms with Gasteiger partial charge in [-0.05, 0) is 34.1 Å². The third-order valence-electron chi connectivity index (χ3n) is 2.45. The van der Waals surface area contributed by atoms with Gasteiger partial charge in [0, 0.05) is 6.61 Å². The zero-order chi connectivity index (χ0) is 15.8. The van der Waals surface area contributed by atoms with Crippen LogP contribution < -0.4 is 16.6 Å². The summed E-state index contributed by atoms with van der Waals surface area (Å²) < 4.78 is 10.6. The zero-order valence-corrected chi connectivity index (χ0v) is 13.0. The van der Waals surface area contributed by atoms with Gasteiger partial charge < -0.3 is 14.8 Å². The molecular formula is C13H27N3O4. The number of carbonyl (C=O) groups is 2. The van der Waals surface area contributed by atoms with Crippen LogP contribution >= 0.6 is 0 Å². The Kier molecular flexibility index (Phi) is 8.17. The van der Waals surface area contributed by atoms with E-state index in [1.165, 1.54) is 0 Å². The summed E-state index contributed by atoms with van der Waals surface area (Å²) in [6.07, 6.45) is 0.683. The maximum atomic E-state index is 11.7. The average Bonchev–Trinajstić information content (AvgIpc) is 2.33. The van der Waals surface area contributed by atoms with Crippen molar-refractivity contribution >= 4 is 12.0 Å². The molecule has 118 valence electrons. The van der Waals surface area contributed by atoms with Crippen LogP contribution in [0, 0.1) is 0 Å². The fraction of sp³-hybridized carbons (Fsp3) is 0.846. The van der Waals surface area contributed by atoms with Gasteiger partial charge in [-0.2, -0.15) is 0 Å². The minimum atomic E-state index is -0.897. The maximum Gasteiger partial charge on any atom is 0.408 e.